The van der Waals surface area contributed by atoms with Crippen LogP contribution in [0.15, 0.2) is 61.3 Å². The summed E-state index contributed by atoms with van der Waals surface area (Å²) in [6.45, 7) is 8.47. The zero-order chi connectivity index (χ0) is 22.4. The number of aromatic nitrogens is 5. The van der Waals surface area contributed by atoms with Crippen molar-refractivity contribution in [3.05, 3.63) is 95.1 Å². The van der Waals surface area contributed by atoms with Gasteiger partial charge in [-0.25, -0.2) is 4.68 Å². The van der Waals surface area contributed by atoms with E-state index in [0.717, 1.165) is 22.8 Å². The van der Waals surface area contributed by atoms with Crippen LogP contribution in [-0.2, 0) is 0 Å². The second-order valence-electron chi connectivity index (χ2n) is 8.25. The zero-order valence-electron chi connectivity index (χ0n) is 18.5. The summed E-state index contributed by atoms with van der Waals surface area (Å²) in [7, 11) is 0. The highest BCUT2D eigenvalue weighted by Gasteiger charge is 2.42. The molecule has 0 saturated carbocycles. The van der Waals surface area contributed by atoms with Gasteiger partial charge in [-0.2, -0.15) is 0 Å². The molecule has 0 amide bonds. The first-order valence-electron chi connectivity index (χ1n) is 10.6. The maximum atomic E-state index is 5.87. The van der Waals surface area contributed by atoms with Crippen LogP contribution in [0, 0.1) is 27.7 Å². The number of nitrogens with one attached hydrogen (secondary N) is 1. The molecule has 5 rings (SSSR count). The number of nitrogens with zero attached hydrogens (tertiary/aromatic N) is 6. The molecule has 1 aliphatic rings. The van der Waals surface area contributed by atoms with E-state index >= 15 is 0 Å². The molecule has 1 N–H and O–H groups in total. The van der Waals surface area contributed by atoms with Crippen LogP contribution in [-0.4, -0.2) is 29.6 Å². The lowest BCUT2D eigenvalue weighted by molar-refractivity contribution is 0.557. The van der Waals surface area contributed by atoms with Crippen molar-refractivity contribution < 1.29 is 0 Å². The Balaban J connectivity index is 1.69. The third-order valence-corrected chi connectivity index (χ3v) is 6.57. The minimum Gasteiger partial charge on any atom is -0.351 e. The van der Waals surface area contributed by atoms with Crippen LogP contribution in [0.3, 0.4) is 0 Å². The third kappa shape index (κ3) is 3.27. The SMILES string of the molecule is Cc1ccc(N2C(=S)N[C@H](c3ccccn3)[C@H]2c2cc(C)n(-n3cnnc3)c2C)cc1C. The monoisotopic (exact) mass is 443 g/mol. The van der Waals surface area contributed by atoms with E-state index in [0.29, 0.717) is 5.11 Å². The van der Waals surface area contributed by atoms with Gasteiger partial charge in [0, 0.05) is 28.8 Å². The molecule has 32 heavy (non-hydrogen) atoms. The highest BCUT2D eigenvalue weighted by Crippen LogP contribution is 2.43. The maximum absolute atomic E-state index is 5.87. The van der Waals surface area contributed by atoms with Gasteiger partial charge in [0.2, 0.25) is 0 Å². The van der Waals surface area contributed by atoms with E-state index in [1.165, 1.54) is 16.7 Å². The van der Waals surface area contributed by atoms with E-state index in [4.69, 9.17) is 12.2 Å². The van der Waals surface area contributed by atoms with Crippen molar-refractivity contribution in [2.24, 2.45) is 0 Å². The molecule has 0 spiro atoms. The van der Waals surface area contributed by atoms with Crippen molar-refractivity contribution >= 4 is 23.0 Å². The lowest BCUT2D eigenvalue weighted by Crippen LogP contribution is -2.29. The van der Waals surface area contributed by atoms with Gasteiger partial charge in [-0.1, -0.05) is 12.1 Å². The maximum Gasteiger partial charge on any atom is 0.174 e. The fourth-order valence-electron chi connectivity index (χ4n) is 4.56. The number of hydrogen-bond acceptors (Lipinski definition) is 4. The molecular formula is C24H25N7S. The second kappa shape index (κ2) is 7.87. The van der Waals surface area contributed by atoms with Gasteiger partial charge >= 0.3 is 0 Å². The molecule has 0 radical (unpaired) electrons. The summed E-state index contributed by atoms with van der Waals surface area (Å²) in [6, 6.07) is 14.6. The lowest BCUT2D eigenvalue weighted by Gasteiger charge is -2.28. The molecule has 1 saturated heterocycles. The van der Waals surface area contributed by atoms with Crippen LogP contribution in [0.4, 0.5) is 5.69 Å². The van der Waals surface area contributed by atoms with Crippen LogP contribution in [0.5, 0.6) is 0 Å². The van der Waals surface area contributed by atoms with Gasteiger partial charge in [0.05, 0.1) is 17.8 Å². The molecule has 1 aromatic carbocycles. The summed E-state index contributed by atoms with van der Waals surface area (Å²) in [4.78, 5) is 6.88. The van der Waals surface area contributed by atoms with Crippen LogP contribution < -0.4 is 10.2 Å². The molecule has 1 fully saturated rings. The van der Waals surface area contributed by atoms with Crippen LogP contribution in [0.1, 0.15) is 45.9 Å². The zero-order valence-corrected chi connectivity index (χ0v) is 19.3. The van der Waals surface area contributed by atoms with E-state index in [9.17, 15) is 0 Å². The average Bonchev–Trinajstić information content (AvgIpc) is 3.49. The molecule has 0 unspecified atom stereocenters. The summed E-state index contributed by atoms with van der Waals surface area (Å²) in [5.74, 6) is 0. The number of thiocarbonyl (C=S) groups is 1. The Hall–Kier alpha value is -3.52. The Kier molecular flexibility index (Phi) is 5.01. The van der Waals surface area contributed by atoms with Crippen LogP contribution >= 0.6 is 12.2 Å². The van der Waals surface area contributed by atoms with E-state index in [-0.39, 0.29) is 12.1 Å². The number of rotatable bonds is 4. The van der Waals surface area contributed by atoms with E-state index < -0.39 is 0 Å². The Labute approximate surface area is 192 Å². The van der Waals surface area contributed by atoms with Gasteiger partial charge in [-0.3, -0.25) is 9.66 Å². The van der Waals surface area contributed by atoms with Crippen molar-refractivity contribution in [3.8, 4) is 0 Å². The summed E-state index contributed by atoms with van der Waals surface area (Å²) in [6.07, 6.45) is 5.24. The van der Waals surface area contributed by atoms with Gasteiger partial charge in [0.25, 0.3) is 0 Å². The topological polar surface area (TPSA) is 63.8 Å². The average molecular weight is 444 g/mol. The Morgan fingerprint density at radius 2 is 1.72 bits per heavy atom. The van der Waals surface area contributed by atoms with Crippen molar-refractivity contribution in [1.82, 2.24) is 29.9 Å². The Morgan fingerprint density at radius 1 is 0.938 bits per heavy atom. The van der Waals surface area contributed by atoms with Gasteiger partial charge < -0.3 is 10.2 Å². The minimum absolute atomic E-state index is 0.0593. The molecule has 4 heterocycles. The minimum atomic E-state index is -0.0832. The van der Waals surface area contributed by atoms with Gasteiger partial charge in [-0.05, 0) is 81.4 Å². The van der Waals surface area contributed by atoms with E-state index in [1.54, 1.807) is 12.7 Å². The number of pyridine rings is 1. The normalized spacial score (nSPS) is 18.2. The Morgan fingerprint density at radius 3 is 2.41 bits per heavy atom. The van der Waals surface area contributed by atoms with Gasteiger partial charge in [0.1, 0.15) is 12.7 Å². The predicted octanol–water partition coefficient (Wildman–Crippen LogP) is 4.20. The molecule has 162 valence electrons. The number of hydrogen-bond donors (Lipinski definition) is 1. The molecule has 7 nitrogen and oxygen atoms in total. The summed E-state index contributed by atoms with van der Waals surface area (Å²) in [5.41, 5.74) is 7.90. The highest BCUT2D eigenvalue weighted by molar-refractivity contribution is 7.80. The highest BCUT2D eigenvalue weighted by atomic mass is 32.1. The quantitative estimate of drug-likeness (QED) is 0.477. The largest absolute Gasteiger partial charge is 0.351 e. The summed E-state index contributed by atoms with van der Waals surface area (Å²) in [5, 5.41) is 12.2. The first kappa shape index (κ1) is 20.4. The van der Waals surface area contributed by atoms with Gasteiger partial charge in [-0.15, -0.1) is 10.2 Å². The van der Waals surface area contributed by atoms with Crippen molar-refractivity contribution in [3.63, 3.8) is 0 Å². The first-order valence-corrected chi connectivity index (χ1v) is 11.0. The van der Waals surface area contributed by atoms with E-state index in [2.05, 4.69) is 88.1 Å². The first-order chi connectivity index (χ1) is 15.5. The van der Waals surface area contributed by atoms with E-state index in [1.807, 2.05) is 23.0 Å². The molecular weight excluding hydrogens is 418 g/mol. The van der Waals surface area contributed by atoms with Crippen LogP contribution in [0.2, 0.25) is 0 Å². The third-order valence-electron chi connectivity index (χ3n) is 6.26. The van der Waals surface area contributed by atoms with Crippen molar-refractivity contribution in [1.29, 1.82) is 0 Å². The molecule has 2 atom stereocenters. The smallest absolute Gasteiger partial charge is 0.174 e. The van der Waals surface area contributed by atoms with Crippen molar-refractivity contribution in [2.45, 2.75) is 39.8 Å². The summed E-state index contributed by atoms with van der Waals surface area (Å²) >= 11 is 5.87. The molecule has 8 heteroatoms. The fraction of sp³-hybridized carbons (Fsp3) is 0.250. The summed E-state index contributed by atoms with van der Waals surface area (Å²) < 4.78 is 4.01. The van der Waals surface area contributed by atoms with Crippen LogP contribution in [0.25, 0.3) is 0 Å². The Bertz CT molecular complexity index is 1280. The number of aryl methyl sites for hydroxylation is 3. The lowest BCUT2D eigenvalue weighted by atomic mass is 9.96. The predicted molar refractivity (Wildman–Crippen MR) is 129 cm³/mol. The molecule has 3 aromatic heterocycles. The fourth-order valence-corrected chi connectivity index (χ4v) is 4.90. The molecule has 0 bridgehead atoms. The second-order valence-corrected chi connectivity index (χ2v) is 8.63. The van der Waals surface area contributed by atoms with Gasteiger partial charge in [0.15, 0.2) is 5.11 Å². The standard InChI is InChI=1S/C24H25N7S/c1-15-8-9-19(11-16(15)2)30-23(22(28-24(30)32)21-7-5-6-10-25-21)20-12-17(3)31(18(20)4)29-13-26-27-14-29/h5-14,22-23H,1-4H3,(H,28,32)/t22-,23-/m1/s1. The molecule has 1 aliphatic heterocycles. The number of anilines is 1. The number of benzene rings is 1. The van der Waals surface area contributed by atoms with Crippen molar-refractivity contribution in [2.75, 3.05) is 4.90 Å². The molecule has 4 aromatic rings. The molecule has 0 aliphatic carbocycles.